The van der Waals surface area contributed by atoms with Crippen LogP contribution in [0.25, 0.3) is 0 Å². The van der Waals surface area contributed by atoms with E-state index >= 15 is 0 Å². The Morgan fingerprint density at radius 3 is 2.33 bits per heavy atom. The van der Waals surface area contributed by atoms with Crippen molar-refractivity contribution in [1.82, 2.24) is 0 Å². The monoisotopic (exact) mass is 416 g/mol. The van der Waals surface area contributed by atoms with Crippen molar-refractivity contribution >= 4 is 31.9 Å². The Labute approximate surface area is 140 Å². The van der Waals surface area contributed by atoms with Gasteiger partial charge in [-0.25, -0.2) is 8.78 Å². The first-order valence-electron chi connectivity index (χ1n) is 6.64. The molecule has 0 heterocycles. The third-order valence-electron chi connectivity index (χ3n) is 3.68. The minimum absolute atomic E-state index is 0.319. The van der Waals surface area contributed by atoms with Crippen molar-refractivity contribution in [2.45, 2.75) is 18.8 Å². The molecule has 0 aliphatic heterocycles. The minimum atomic E-state index is -0.409. The molecule has 112 valence electrons. The highest BCUT2D eigenvalue weighted by Crippen LogP contribution is 2.34. The number of rotatable bonds is 5. The average Bonchev–Trinajstić information content (AvgIpc) is 2.48. The van der Waals surface area contributed by atoms with Gasteiger partial charge >= 0.3 is 0 Å². The van der Waals surface area contributed by atoms with Crippen molar-refractivity contribution in [3.05, 3.63) is 70.8 Å². The summed E-state index contributed by atoms with van der Waals surface area (Å²) in [6.07, 6.45) is 0.427. The van der Waals surface area contributed by atoms with Gasteiger partial charge in [-0.3, -0.25) is 0 Å². The number of hydrogen-bond acceptors (Lipinski definition) is 0. The standard InChI is InChI=1S/C17H16Br2F2/c1-12-3-2-4-14(7-12)17(10-18,11-19)9-13-8-15(20)5-6-16(13)21/h2-8H,9-11H2,1H3. The Bertz CT molecular complexity index is 622. The quantitative estimate of drug-likeness (QED) is 0.560. The van der Waals surface area contributed by atoms with Crippen molar-refractivity contribution < 1.29 is 8.78 Å². The number of halogens is 4. The summed E-state index contributed by atoms with van der Waals surface area (Å²) < 4.78 is 27.4. The van der Waals surface area contributed by atoms with Gasteiger partial charge in [0.05, 0.1) is 0 Å². The van der Waals surface area contributed by atoms with Gasteiger partial charge in [0.25, 0.3) is 0 Å². The van der Waals surface area contributed by atoms with Crippen molar-refractivity contribution in [1.29, 1.82) is 0 Å². The van der Waals surface area contributed by atoms with Gasteiger partial charge in [0, 0.05) is 16.1 Å². The molecule has 4 heteroatoms. The Hall–Kier alpha value is -0.740. The van der Waals surface area contributed by atoms with E-state index in [1.54, 1.807) is 0 Å². The fourth-order valence-electron chi connectivity index (χ4n) is 2.40. The van der Waals surface area contributed by atoms with Crippen molar-refractivity contribution in [2.24, 2.45) is 0 Å². The molecule has 0 radical (unpaired) electrons. The van der Waals surface area contributed by atoms with Gasteiger partial charge in [0.1, 0.15) is 11.6 Å². The Balaban J connectivity index is 2.45. The summed E-state index contributed by atoms with van der Waals surface area (Å²) in [5, 5.41) is 1.31. The predicted octanol–water partition coefficient (Wildman–Crippen LogP) is 5.54. The molecule has 0 atom stereocenters. The lowest BCUT2D eigenvalue weighted by molar-refractivity contribution is 0.516. The highest BCUT2D eigenvalue weighted by molar-refractivity contribution is 9.09. The molecule has 0 aromatic heterocycles. The van der Waals surface area contributed by atoms with Crippen LogP contribution in [-0.2, 0) is 11.8 Å². The average molecular weight is 418 g/mol. The van der Waals surface area contributed by atoms with E-state index in [0.29, 0.717) is 22.6 Å². The molecule has 0 N–H and O–H groups in total. The maximum Gasteiger partial charge on any atom is 0.126 e. The molecule has 0 aliphatic carbocycles. The van der Waals surface area contributed by atoms with E-state index in [9.17, 15) is 8.78 Å². The molecule has 0 fully saturated rings. The van der Waals surface area contributed by atoms with Crippen LogP contribution in [0.3, 0.4) is 0 Å². The van der Waals surface area contributed by atoms with Gasteiger partial charge in [-0.1, -0.05) is 61.7 Å². The Morgan fingerprint density at radius 2 is 1.71 bits per heavy atom. The summed E-state index contributed by atoms with van der Waals surface area (Å²) in [4.78, 5) is 0. The van der Waals surface area contributed by atoms with E-state index in [0.717, 1.165) is 17.2 Å². The zero-order chi connectivity index (χ0) is 15.5. The van der Waals surface area contributed by atoms with Crippen LogP contribution in [0.2, 0.25) is 0 Å². The van der Waals surface area contributed by atoms with Gasteiger partial charge in [0.15, 0.2) is 0 Å². The lowest BCUT2D eigenvalue weighted by atomic mass is 9.78. The van der Waals surface area contributed by atoms with Gasteiger partial charge in [-0.15, -0.1) is 0 Å². The highest BCUT2D eigenvalue weighted by Gasteiger charge is 2.31. The predicted molar refractivity (Wildman–Crippen MR) is 90.5 cm³/mol. The molecule has 0 bridgehead atoms. The van der Waals surface area contributed by atoms with Crippen LogP contribution < -0.4 is 0 Å². The van der Waals surface area contributed by atoms with E-state index in [4.69, 9.17) is 0 Å². The summed E-state index contributed by atoms with van der Waals surface area (Å²) in [6, 6.07) is 11.8. The van der Waals surface area contributed by atoms with Crippen LogP contribution in [0.4, 0.5) is 8.78 Å². The maximum absolute atomic E-state index is 14.0. The van der Waals surface area contributed by atoms with E-state index < -0.39 is 5.82 Å². The first-order chi connectivity index (χ1) is 10.0. The Morgan fingerprint density at radius 1 is 1.00 bits per heavy atom. The lowest BCUT2D eigenvalue weighted by Crippen LogP contribution is -2.33. The van der Waals surface area contributed by atoms with E-state index in [1.807, 2.05) is 25.1 Å². The lowest BCUT2D eigenvalue weighted by Gasteiger charge is -2.31. The number of hydrogen-bond donors (Lipinski definition) is 0. The molecular weight excluding hydrogens is 402 g/mol. The molecular formula is C17H16Br2F2. The van der Waals surface area contributed by atoms with E-state index in [1.165, 1.54) is 12.1 Å². The molecule has 0 unspecified atom stereocenters. The van der Waals surface area contributed by atoms with E-state index in [-0.39, 0.29) is 11.2 Å². The zero-order valence-corrected chi connectivity index (χ0v) is 14.8. The van der Waals surface area contributed by atoms with Crippen LogP contribution in [0.5, 0.6) is 0 Å². The molecule has 2 rings (SSSR count). The third-order valence-corrected chi connectivity index (χ3v) is 5.83. The van der Waals surface area contributed by atoms with Crippen LogP contribution in [-0.4, -0.2) is 10.7 Å². The molecule has 21 heavy (non-hydrogen) atoms. The third kappa shape index (κ3) is 3.72. The summed E-state index contributed by atoms with van der Waals surface area (Å²) in [5.41, 5.74) is 2.34. The maximum atomic E-state index is 14.0. The molecule has 0 amide bonds. The second-order valence-corrected chi connectivity index (χ2v) is 6.45. The van der Waals surface area contributed by atoms with Crippen LogP contribution in [0, 0.1) is 18.6 Å². The second-order valence-electron chi connectivity index (χ2n) is 5.33. The molecule has 0 saturated heterocycles. The SMILES string of the molecule is Cc1cccc(C(CBr)(CBr)Cc2cc(F)ccc2F)c1. The Kier molecular flexibility index (Phi) is 5.55. The second kappa shape index (κ2) is 7.01. The summed E-state index contributed by atoms with van der Waals surface area (Å²) in [5.74, 6) is -0.774. The molecule has 0 saturated carbocycles. The smallest absolute Gasteiger partial charge is 0.126 e. The van der Waals surface area contributed by atoms with Crippen LogP contribution in [0.15, 0.2) is 42.5 Å². The van der Waals surface area contributed by atoms with Crippen molar-refractivity contribution in [2.75, 3.05) is 10.7 Å². The summed E-state index contributed by atoms with van der Waals surface area (Å²) in [6.45, 7) is 2.03. The van der Waals surface area contributed by atoms with E-state index in [2.05, 4.69) is 37.9 Å². The fraction of sp³-hybridized carbons (Fsp3) is 0.294. The van der Waals surface area contributed by atoms with Crippen LogP contribution in [0.1, 0.15) is 16.7 Å². The van der Waals surface area contributed by atoms with Crippen LogP contribution >= 0.6 is 31.9 Å². The molecule has 0 spiro atoms. The summed E-state index contributed by atoms with van der Waals surface area (Å²) >= 11 is 7.10. The molecule has 2 aromatic carbocycles. The first kappa shape index (κ1) is 16.6. The molecule has 0 nitrogen and oxygen atoms in total. The van der Waals surface area contributed by atoms with Crippen molar-refractivity contribution in [3.63, 3.8) is 0 Å². The normalized spacial score (nSPS) is 11.7. The highest BCUT2D eigenvalue weighted by atomic mass is 79.9. The van der Waals surface area contributed by atoms with Gasteiger partial charge in [-0.2, -0.15) is 0 Å². The molecule has 2 aromatic rings. The molecule has 0 aliphatic rings. The summed E-state index contributed by atoms with van der Waals surface area (Å²) in [7, 11) is 0. The largest absolute Gasteiger partial charge is 0.207 e. The number of aryl methyl sites for hydroxylation is 1. The van der Waals surface area contributed by atoms with Gasteiger partial charge < -0.3 is 0 Å². The topological polar surface area (TPSA) is 0 Å². The number of alkyl halides is 2. The van der Waals surface area contributed by atoms with Crippen molar-refractivity contribution in [3.8, 4) is 0 Å². The van der Waals surface area contributed by atoms with Gasteiger partial charge in [-0.05, 0) is 42.7 Å². The first-order valence-corrected chi connectivity index (χ1v) is 8.88. The fourth-order valence-corrected chi connectivity index (χ4v) is 4.38. The number of benzene rings is 2. The zero-order valence-electron chi connectivity index (χ0n) is 11.7. The van der Waals surface area contributed by atoms with Gasteiger partial charge in [0.2, 0.25) is 0 Å². The minimum Gasteiger partial charge on any atom is -0.207 e.